The Morgan fingerprint density at radius 2 is 2.22 bits per heavy atom. The van der Waals surface area contributed by atoms with Crippen molar-refractivity contribution in [1.29, 1.82) is 0 Å². The van der Waals surface area contributed by atoms with E-state index in [0.717, 1.165) is 5.56 Å². The van der Waals surface area contributed by atoms with Crippen molar-refractivity contribution in [2.45, 2.75) is 19.6 Å². The zero-order valence-electron chi connectivity index (χ0n) is 12.8. The standard InChI is InChI=1S/C16H20N2O4.ClH/c1-11-3-2-4-14(5-11)22-10-13(19)8-18-16(20)12-6-15(7-17)21-9-12;/h2-6,9,13,19H,7-8,10,17H2,1H3,(H,18,20);1H. The predicted octanol–water partition coefficient (Wildman–Crippen LogP) is 1.64. The molecule has 0 aliphatic rings. The van der Waals surface area contributed by atoms with E-state index in [1.54, 1.807) is 6.07 Å². The first-order valence-electron chi connectivity index (χ1n) is 7.01. The molecule has 2 rings (SSSR count). The normalized spacial score (nSPS) is 11.4. The summed E-state index contributed by atoms with van der Waals surface area (Å²) in [5, 5.41) is 12.5. The predicted molar refractivity (Wildman–Crippen MR) is 88.9 cm³/mol. The van der Waals surface area contributed by atoms with Crippen LogP contribution in [0, 0.1) is 6.92 Å². The van der Waals surface area contributed by atoms with E-state index in [1.165, 1.54) is 6.26 Å². The smallest absolute Gasteiger partial charge is 0.254 e. The number of nitrogens with one attached hydrogen (secondary N) is 1. The first-order valence-corrected chi connectivity index (χ1v) is 7.01. The fourth-order valence-corrected chi connectivity index (χ4v) is 1.88. The molecule has 1 heterocycles. The lowest BCUT2D eigenvalue weighted by molar-refractivity contribution is 0.0843. The molecule has 1 amide bonds. The molecule has 1 atom stereocenters. The van der Waals surface area contributed by atoms with Crippen LogP contribution in [-0.2, 0) is 6.54 Å². The minimum absolute atomic E-state index is 0. The fourth-order valence-electron chi connectivity index (χ4n) is 1.88. The molecule has 0 spiro atoms. The second kappa shape index (κ2) is 9.19. The van der Waals surface area contributed by atoms with Crippen molar-refractivity contribution in [2.75, 3.05) is 13.2 Å². The summed E-state index contributed by atoms with van der Waals surface area (Å²) in [5.41, 5.74) is 6.87. The third kappa shape index (κ3) is 5.94. The van der Waals surface area contributed by atoms with Crippen LogP contribution in [0.1, 0.15) is 21.7 Å². The van der Waals surface area contributed by atoms with Crippen LogP contribution in [0.15, 0.2) is 41.0 Å². The molecular formula is C16H21ClN2O4. The van der Waals surface area contributed by atoms with E-state index >= 15 is 0 Å². The van der Waals surface area contributed by atoms with Crippen LogP contribution in [-0.4, -0.2) is 30.3 Å². The molecular weight excluding hydrogens is 320 g/mol. The zero-order valence-corrected chi connectivity index (χ0v) is 13.6. The van der Waals surface area contributed by atoms with Gasteiger partial charge in [0.05, 0.1) is 12.1 Å². The highest BCUT2D eigenvalue weighted by Crippen LogP contribution is 2.12. The van der Waals surface area contributed by atoms with Crippen molar-refractivity contribution >= 4 is 18.3 Å². The van der Waals surface area contributed by atoms with Crippen LogP contribution in [0.5, 0.6) is 5.75 Å². The molecule has 23 heavy (non-hydrogen) atoms. The first kappa shape index (κ1) is 19.0. The number of amides is 1. The maximum absolute atomic E-state index is 11.8. The highest BCUT2D eigenvalue weighted by atomic mass is 35.5. The number of ether oxygens (including phenoxy) is 1. The summed E-state index contributed by atoms with van der Waals surface area (Å²) in [6.45, 7) is 2.39. The molecule has 0 radical (unpaired) electrons. The number of aliphatic hydroxyl groups is 1. The monoisotopic (exact) mass is 340 g/mol. The maximum Gasteiger partial charge on any atom is 0.254 e. The number of furan rings is 1. The summed E-state index contributed by atoms with van der Waals surface area (Å²) >= 11 is 0. The average molecular weight is 341 g/mol. The Labute approximate surface area is 141 Å². The summed E-state index contributed by atoms with van der Waals surface area (Å²) in [4.78, 5) is 11.8. The number of aryl methyl sites for hydroxylation is 1. The Morgan fingerprint density at radius 3 is 2.87 bits per heavy atom. The number of aliphatic hydroxyl groups excluding tert-OH is 1. The highest BCUT2D eigenvalue weighted by molar-refractivity contribution is 5.93. The molecule has 1 aromatic heterocycles. The minimum Gasteiger partial charge on any atom is -0.491 e. The summed E-state index contributed by atoms with van der Waals surface area (Å²) < 4.78 is 10.6. The maximum atomic E-state index is 11.8. The molecule has 0 saturated carbocycles. The molecule has 4 N–H and O–H groups in total. The van der Waals surface area contributed by atoms with Gasteiger partial charge < -0.3 is 25.3 Å². The van der Waals surface area contributed by atoms with Gasteiger partial charge in [0, 0.05) is 6.54 Å². The number of hydrogen-bond donors (Lipinski definition) is 3. The van der Waals surface area contributed by atoms with Crippen LogP contribution in [0.2, 0.25) is 0 Å². The van der Waals surface area contributed by atoms with Crippen molar-refractivity contribution in [1.82, 2.24) is 5.32 Å². The molecule has 2 aromatic rings. The second-order valence-electron chi connectivity index (χ2n) is 5.00. The van der Waals surface area contributed by atoms with Gasteiger partial charge >= 0.3 is 0 Å². The Balaban J connectivity index is 0.00000264. The van der Waals surface area contributed by atoms with E-state index in [9.17, 15) is 9.90 Å². The van der Waals surface area contributed by atoms with Crippen molar-refractivity contribution < 1.29 is 19.1 Å². The van der Waals surface area contributed by atoms with E-state index in [-0.39, 0.29) is 38.0 Å². The Hall–Kier alpha value is -2.02. The first-order chi connectivity index (χ1) is 10.6. The quantitative estimate of drug-likeness (QED) is 0.711. The van der Waals surface area contributed by atoms with Gasteiger partial charge in [0.25, 0.3) is 5.91 Å². The van der Waals surface area contributed by atoms with Crippen LogP contribution >= 0.6 is 12.4 Å². The molecule has 1 unspecified atom stereocenters. The van der Waals surface area contributed by atoms with Gasteiger partial charge in [-0.05, 0) is 30.7 Å². The lowest BCUT2D eigenvalue weighted by atomic mass is 10.2. The van der Waals surface area contributed by atoms with Gasteiger partial charge in [0.2, 0.25) is 0 Å². The second-order valence-corrected chi connectivity index (χ2v) is 5.00. The molecule has 6 nitrogen and oxygen atoms in total. The van der Waals surface area contributed by atoms with E-state index in [2.05, 4.69) is 5.32 Å². The average Bonchev–Trinajstić information content (AvgIpc) is 3.00. The van der Waals surface area contributed by atoms with Gasteiger partial charge in [-0.2, -0.15) is 0 Å². The third-order valence-electron chi connectivity index (χ3n) is 3.05. The molecule has 0 fully saturated rings. The van der Waals surface area contributed by atoms with E-state index in [1.807, 2.05) is 31.2 Å². The number of carbonyl (C=O) groups is 1. The van der Waals surface area contributed by atoms with Crippen LogP contribution in [0.25, 0.3) is 0 Å². The van der Waals surface area contributed by atoms with Gasteiger partial charge in [0.1, 0.15) is 30.5 Å². The third-order valence-corrected chi connectivity index (χ3v) is 3.05. The van der Waals surface area contributed by atoms with Crippen molar-refractivity contribution in [2.24, 2.45) is 5.73 Å². The summed E-state index contributed by atoms with van der Waals surface area (Å²) in [6, 6.07) is 9.12. The summed E-state index contributed by atoms with van der Waals surface area (Å²) in [7, 11) is 0. The summed E-state index contributed by atoms with van der Waals surface area (Å²) in [6.07, 6.45) is 0.540. The van der Waals surface area contributed by atoms with Gasteiger partial charge in [0.15, 0.2) is 0 Å². The molecule has 0 saturated heterocycles. The van der Waals surface area contributed by atoms with Crippen LogP contribution in [0.4, 0.5) is 0 Å². The number of hydrogen-bond acceptors (Lipinski definition) is 5. The summed E-state index contributed by atoms with van der Waals surface area (Å²) in [5.74, 6) is 0.902. The Bertz CT molecular complexity index is 630. The van der Waals surface area contributed by atoms with Crippen LogP contribution < -0.4 is 15.8 Å². The number of halogens is 1. The lowest BCUT2D eigenvalue weighted by Gasteiger charge is -2.13. The van der Waals surface area contributed by atoms with Crippen LogP contribution in [0.3, 0.4) is 0 Å². The molecule has 1 aromatic carbocycles. The Kier molecular flexibility index (Phi) is 7.61. The van der Waals surface area contributed by atoms with Gasteiger partial charge in [-0.25, -0.2) is 0 Å². The number of carbonyl (C=O) groups excluding carboxylic acids is 1. The van der Waals surface area contributed by atoms with Crippen molar-refractivity contribution in [3.63, 3.8) is 0 Å². The van der Waals surface area contributed by atoms with Gasteiger partial charge in [-0.1, -0.05) is 12.1 Å². The lowest BCUT2D eigenvalue weighted by Crippen LogP contribution is -2.35. The SMILES string of the molecule is Cc1cccc(OCC(O)CNC(=O)c2coc(CN)c2)c1.Cl. The van der Waals surface area contributed by atoms with E-state index < -0.39 is 6.10 Å². The van der Waals surface area contributed by atoms with E-state index in [4.69, 9.17) is 14.9 Å². The highest BCUT2D eigenvalue weighted by Gasteiger charge is 2.12. The van der Waals surface area contributed by atoms with Gasteiger partial charge in [-0.15, -0.1) is 12.4 Å². The van der Waals surface area contributed by atoms with Crippen molar-refractivity contribution in [3.8, 4) is 5.75 Å². The topological polar surface area (TPSA) is 97.7 Å². The van der Waals surface area contributed by atoms with Gasteiger partial charge in [-0.3, -0.25) is 4.79 Å². The number of benzene rings is 1. The van der Waals surface area contributed by atoms with E-state index in [0.29, 0.717) is 17.1 Å². The zero-order chi connectivity index (χ0) is 15.9. The molecule has 0 bridgehead atoms. The minimum atomic E-state index is -0.801. The number of rotatable bonds is 7. The number of nitrogens with two attached hydrogens (primary N) is 1. The molecule has 0 aliphatic carbocycles. The largest absolute Gasteiger partial charge is 0.491 e. The Morgan fingerprint density at radius 1 is 1.43 bits per heavy atom. The molecule has 126 valence electrons. The fraction of sp³-hybridized carbons (Fsp3) is 0.312. The van der Waals surface area contributed by atoms with Crippen molar-refractivity contribution in [3.05, 3.63) is 53.5 Å². The molecule has 7 heteroatoms. The molecule has 0 aliphatic heterocycles.